The Labute approximate surface area is 145 Å². The molecule has 1 saturated heterocycles. The van der Waals surface area contributed by atoms with Gasteiger partial charge in [0.2, 0.25) is 5.91 Å². The highest BCUT2D eigenvalue weighted by Crippen LogP contribution is 2.20. The van der Waals surface area contributed by atoms with Crippen LogP contribution in [0.5, 0.6) is 0 Å². The summed E-state index contributed by atoms with van der Waals surface area (Å²) >= 11 is 0. The minimum Gasteiger partial charge on any atom is -0.393 e. The van der Waals surface area contributed by atoms with Gasteiger partial charge >= 0.3 is 0 Å². The number of aliphatic hydroxyl groups is 1. The van der Waals surface area contributed by atoms with Crippen LogP contribution in [0.4, 0.5) is 5.69 Å². The summed E-state index contributed by atoms with van der Waals surface area (Å²) in [6, 6.07) is 8.30. The first-order chi connectivity index (χ1) is 11.4. The Bertz CT molecular complexity index is 528. The van der Waals surface area contributed by atoms with Crippen molar-refractivity contribution in [1.29, 1.82) is 0 Å². The molecule has 1 amide bonds. The van der Waals surface area contributed by atoms with Crippen LogP contribution in [0.1, 0.15) is 25.3 Å². The van der Waals surface area contributed by atoms with Crippen molar-refractivity contribution in [3.05, 3.63) is 29.8 Å². The van der Waals surface area contributed by atoms with Gasteiger partial charge in [-0.15, -0.1) is 0 Å². The molecule has 2 rings (SSSR count). The maximum atomic E-state index is 12.5. The molecule has 0 aromatic heterocycles. The van der Waals surface area contributed by atoms with Gasteiger partial charge in [0.1, 0.15) is 0 Å². The van der Waals surface area contributed by atoms with Crippen LogP contribution < -0.4 is 4.90 Å². The van der Waals surface area contributed by atoms with Crippen molar-refractivity contribution >= 4 is 11.6 Å². The summed E-state index contributed by atoms with van der Waals surface area (Å²) in [5.74, 6) is 0.424. The average molecular weight is 333 g/mol. The third-order valence-electron chi connectivity index (χ3n) is 4.88. The normalized spacial score (nSPS) is 19.8. The largest absolute Gasteiger partial charge is 0.393 e. The van der Waals surface area contributed by atoms with Crippen molar-refractivity contribution in [2.45, 2.75) is 32.4 Å². The summed E-state index contributed by atoms with van der Waals surface area (Å²) < 4.78 is 0. The van der Waals surface area contributed by atoms with Crippen molar-refractivity contribution in [3.8, 4) is 0 Å². The highest BCUT2D eigenvalue weighted by Gasteiger charge is 2.25. The zero-order valence-electron chi connectivity index (χ0n) is 15.4. The second kappa shape index (κ2) is 8.49. The molecule has 2 unspecified atom stereocenters. The van der Waals surface area contributed by atoms with Gasteiger partial charge in [-0.2, -0.15) is 0 Å². The number of hydrogen-bond donors (Lipinski definition) is 1. The van der Waals surface area contributed by atoms with Gasteiger partial charge in [-0.3, -0.25) is 9.69 Å². The number of carbonyl (C=O) groups excluding carboxylic acids is 1. The van der Waals surface area contributed by atoms with E-state index < -0.39 is 0 Å². The van der Waals surface area contributed by atoms with Crippen LogP contribution in [0, 0.1) is 5.92 Å². The number of likely N-dealkylation sites (N-methyl/N-ethyl adjacent to an activating group) is 1. The number of rotatable bonds is 6. The Hall–Kier alpha value is -1.59. The van der Waals surface area contributed by atoms with Crippen LogP contribution in [0.2, 0.25) is 0 Å². The average Bonchev–Trinajstić information content (AvgIpc) is 2.55. The van der Waals surface area contributed by atoms with Gasteiger partial charge < -0.3 is 14.9 Å². The molecule has 0 aliphatic carbocycles. The summed E-state index contributed by atoms with van der Waals surface area (Å²) in [6.07, 6.45) is 1.81. The molecule has 1 aromatic carbocycles. The number of benzene rings is 1. The number of anilines is 1. The van der Waals surface area contributed by atoms with Crippen LogP contribution in [-0.4, -0.2) is 67.7 Å². The van der Waals surface area contributed by atoms with Gasteiger partial charge in [0.15, 0.2) is 0 Å². The van der Waals surface area contributed by atoms with Gasteiger partial charge in [-0.1, -0.05) is 12.1 Å². The monoisotopic (exact) mass is 333 g/mol. The quantitative estimate of drug-likeness (QED) is 0.862. The predicted octanol–water partition coefficient (Wildman–Crippen LogP) is 1.80. The van der Waals surface area contributed by atoms with Gasteiger partial charge in [0, 0.05) is 39.9 Å². The molecular weight excluding hydrogens is 302 g/mol. The summed E-state index contributed by atoms with van der Waals surface area (Å²) in [7, 11) is 5.89. The molecule has 1 N–H and O–H groups in total. The van der Waals surface area contributed by atoms with Crippen molar-refractivity contribution in [2.75, 3.05) is 45.7 Å². The highest BCUT2D eigenvalue weighted by molar-refractivity contribution is 5.78. The topological polar surface area (TPSA) is 47.0 Å². The molecule has 5 nitrogen and oxygen atoms in total. The molecule has 0 radical (unpaired) electrons. The van der Waals surface area contributed by atoms with E-state index in [1.54, 1.807) is 4.90 Å². The lowest BCUT2D eigenvalue weighted by atomic mass is 9.93. The number of piperidine rings is 1. The molecule has 1 fully saturated rings. The van der Waals surface area contributed by atoms with E-state index in [-0.39, 0.29) is 17.9 Å². The van der Waals surface area contributed by atoms with E-state index in [4.69, 9.17) is 0 Å². The summed E-state index contributed by atoms with van der Waals surface area (Å²) in [4.78, 5) is 18.5. The predicted molar refractivity (Wildman–Crippen MR) is 98.1 cm³/mol. The molecule has 2 atom stereocenters. The lowest BCUT2D eigenvalue weighted by Crippen LogP contribution is -2.44. The molecule has 1 aromatic rings. The van der Waals surface area contributed by atoms with Crippen LogP contribution in [-0.2, 0) is 11.3 Å². The molecule has 1 aliphatic heterocycles. The maximum Gasteiger partial charge on any atom is 0.236 e. The zero-order valence-corrected chi connectivity index (χ0v) is 15.4. The van der Waals surface area contributed by atoms with E-state index in [1.165, 1.54) is 0 Å². The Morgan fingerprint density at radius 1 is 1.29 bits per heavy atom. The molecule has 0 spiro atoms. The standard InChI is InChI=1S/C19H31N3O2/c1-15(23)17-6-5-11-22(13-17)14-19(24)21(4)12-16-7-9-18(10-8-16)20(2)3/h7-10,15,17,23H,5-6,11-14H2,1-4H3. The van der Waals surface area contributed by atoms with Crippen LogP contribution in [0.15, 0.2) is 24.3 Å². The second-order valence-corrected chi connectivity index (χ2v) is 7.19. The number of aliphatic hydroxyl groups excluding tert-OH is 1. The van der Waals surface area contributed by atoms with Gasteiger partial charge in [0.25, 0.3) is 0 Å². The molecule has 0 bridgehead atoms. The van der Waals surface area contributed by atoms with Crippen molar-refractivity contribution in [1.82, 2.24) is 9.80 Å². The van der Waals surface area contributed by atoms with Crippen LogP contribution >= 0.6 is 0 Å². The zero-order chi connectivity index (χ0) is 17.7. The Morgan fingerprint density at radius 3 is 2.54 bits per heavy atom. The first-order valence-electron chi connectivity index (χ1n) is 8.77. The molecule has 1 heterocycles. The Kier molecular flexibility index (Phi) is 6.63. The summed E-state index contributed by atoms with van der Waals surface area (Å²) in [6.45, 7) is 4.67. The van der Waals surface area contributed by atoms with Crippen molar-refractivity contribution in [3.63, 3.8) is 0 Å². The fourth-order valence-electron chi connectivity index (χ4n) is 3.20. The Morgan fingerprint density at radius 2 is 1.96 bits per heavy atom. The summed E-state index contributed by atoms with van der Waals surface area (Å²) in [5.41, 5.74) is 2.29. The molecule has 134 valence electrons. The van der Waals surface area contributed by atoms with Gasteiger partial charge in [-0.05, 0) is 49.9 Å². The van der Waals surface area contributed by atoms with Gasteiger partial charge in [-0.25, -0.2) is 0 Å². The smallest absolute Gasteiger partial charge is 0.236 e. The van der Waals surface area contributed by atoms with E-state index in [0.29, 0.717) is 13.1 Å². The van der Waals surface area contributed by atoms with Crippen molar-refractivity contribution in [2.24, 2.45) is 5.92 Å². The SMILES string of the molecule is CC(O)C1CCCN(CC(=O)N(C)Cc2ccc(N(C)C)cc2)C1. The number of carbonyl (C=O) groups is 1. The number of nitrogens with zero attached hydrogens (tertiary/aromatic N) is 3. The summed E-state index contributed by atoms with van der Waals surface area (Å²) in [5, 5.41) is 9.77. The van der Waals surface area contributed by atoms with E-state index in [9.17, 15) is 9.90 Å². The molecule has 1 aliphatic rings. The van der Waals surface area contributed by atoms with E-state index in [0.717, 1.165) is 37.2 Å². The molecular formula is C19H31N3O2. The van der Waals surface area contributed by atoms with E-state index in [1.807, 2.05) is 28.1 Å². The lowest BCUT2D eigenvalue weighted by Gasteiger charge is -2.34. The van der Waals surface area contributed by atoms with E-state index >= 15 is 0 Å². The lowest BCUT2D eigenvalue weighted by molar-refractivity contribution is -0.132. The highest BCUT2D eigenvalue weighted by atomic mass is 16.3. The maximum absolute atomic E-state index is 12.5. The Balaban J connectivity index is 1.85. The molecule has 0 saturated carbocycles. The van der Waals surface area contributed by atoms with E-state index in [2.05, 4.69) is 34.1 Å². The third-order valence-corrected chi connectivity index (χ3v) is 4.88. The first kappa shape index (κ1) is 18.7. The molecule has 5 heteroatoms. The fraction of sp³-hybridized carbons (Fsp3) is 0.632. The first-order valence-corrected chi connectivity index (χ1v) is 8.77. The third kappa shape index (κ3) is 5.21. The number of likely N-dealkylation sites (tertiary alicyclic amines) is 1. The van der Waals surface area contributed by atoms with Crippen LogP contribution in [0.25, 0.3) is 0 Å². The van der Waals surface area contributed by atoms with Crippen molar-refractivity contribution < 1.29 is 9.90 Å². The second-order valence-electron chi connectivity index (χ2n) is 7.19. The molecule has 24 heavy (non-hydrogen) atoms. The minimum absolute atomic E-state index is 0.137. The fourth-order valence-corrected chi connectivity index (χ4v) is 3.20. The number of amides is 1. The van der Waals surface area contributed by atoms with Crippen LogP contribution in [0.3, 0.4) is 0 Å². The number of hydrogen-bond acceptors (Lipinski definition) is 4. The van der Waals surface area contributed by atoms with Gasteiger partial charge in [0.05, 0.1) is 12.6 Å². The minimum atomic E-state index is -0.296.